The van der Waals surface area contributed by atoms with E-state index in [1.54, 1.807) is 22.9 Å². The normalized spacial score (nSPS) is 18.0. The Morgan fingerprint density at radius 2 is 2.30 bits per heavy atom. The van der Waals surface area contributed by atoms with Crippen LogP contribution in [0, 0.1) is 5.92 Å². The SMILES string of the molecule is CCOC(=O)[C@@H]1CCCN(c2nnc(-n3cccc3C=O)s2)C1. The summed E-state index contributed by atoms with van der Waals surface area (Å²) in [4.78, 5) is 25.0. The van der Waals surface area contributed by atoms with E-state index in [9.17, 15) is 9.59 Å². The number of carbonyl (C=O) groups excluding carboxylic acids is 2. The van der Waals surface area contributed by atoms with E-state index >= 15 is 0 Å². The van der Waals surface area contributed by atoms with Crippen LogP contribution < -0.4 is 4.90 Å². The molecule has 3 rings (SSSR count). The highest BCUT2D eigenvalue weighted by Gasteiger charge is 2.28. The van der Waals surface area contributed by atoms with Gasteiger partial charge < -0.3 is 9.64 Å². The van der Waals surface area contributed by atoms with Crippen LogP contribution in [0.3, 0.4) is 0 Å². The minimum atomic E-state index is -0.143. The van der Waals surface area contributed by atoms with Crippen molar-refractivity contribution in [2.24, 2.45) is 5.92 Å². The number of hydrogen-bond donors (Lipinski definition) is 0. The molecule has 0 amide bonds. The maximum absolute atomic E-state index is 11.9. The Morgan fingerprint density at radius 3 is 3.09 bits per heavy atom. The van der Waals surface area contributed by atoms with E-state index in [2.05, 4.69) is 15.1 Å². The maximum Gasteiger partial charge on any atom is 0.310 e. The molecule has 1 saturated heterocycles. The van der Waals surface area contributed by atoms with Gasteiger partial charge in [-0.05, 0) is 31.9 Å². The van der Waals surface area contributed by atoms with Gasteiger partial charge in [0.25, 0.3) is 0 Å². The number of hydrogen-bond acceptors (Lipinski definition) is 7. The van der Waals surface area contributed by atoms with Crippen LogP contribution in [0.5, 0.6) is 0 Å². The van der Waals surface area contributed by atoms with Crippen molar-refractivity contribution in [3.63, 3.8) is 0 Å². The van der Waals surface area contributed by atoms with Gasteiger partial charge in [0, 0.05) is 19.3 Å². The number of anilines is 1. The number of piperidine rings is 1. The van der Waals surface area contributed by atoms with E-state index in [4.69, 9.17) is 4.74 Å². The third-order valence-electron chi connectivity index (χ3n) is 3.82. The standard InChI is InChI=1S/C15H18N4O3S/c1-2-22-13(21)11-5-3-7-18(9-11)14-16-17-15(23-14)19-8-4-6-12(19)10-20/h4,6,8,10-11H,2-3,5,7,9H2,1H3/t11-/m1/s1. The molecule has 2 aromatic heterocycles. The summed E-state index contributed by atoms with van der Waals surface area (Å²) in [6.45, 7) is 3.66. The predicted octanol–water partition coefficient (Wildman–Crippen LogP) is 1.92. The van der Waals surface area contributed by atoms with Gasteiger partial charge in [-0.3, -0.25) is 14.2 Å². The van der Waals surface area contributed by atoms with Crippen LogP contribution in [0.15, 0.2) is 18.3 Å². The number of aromatic nitrogens is 3. The van der Waals surface area contributed by atoms with Crippen LogP contribution in [0.25, 0.3) is 5.13 Å². The zero-order valence-electron chi connectivity index (χ0n) is 12.8. The Kier molecular flexibility index (Phi) is 4.71. The fourth-order valence-electron chi connectivity index (χ4n) is 2.70. The van der Waals surface area contributed by atoms with Crippen molar-refractivity contribution < 1.29 is 14.3 Å². The highest BCUT2D eigenvalue weighted by atomic mass is 32.1. The Hall–Kier alpha value is -2.22. The molecule has 2 aromatic rings. The molecule has 0 aliphatic carbocycles. The number of nitrogens with zero attached hydrogens (tertiary/aromatic N) is 4. The number of ether oxygens (including phenoxy) is 1. The van der Waals surface area contributed by atoms with Gasteiger partial charge in [-0.1, -0.05) is 11.3 Å². The molecule has 1 atom stereocenters. The van der Waals surface area contributed by atoms with Crippen molar-refractivity contribution in [3.8, 4) is 5.13 Å². The molecule has 23 heavy (non-hydrogen) atoms. The lowest BCUT2D eigenvalue weighted by Crippen LogP contribution is -2.39. The van der Waals surface area contributed by atoms with Crippen LogP contribution >= 0.6 is 11.3 Å². The maximum atomic E-state index is 11.9. The van der Waals surface area contributed by atoms with Gasteiger partial charge in [-0.15, -0.1) is 10.2 Å². The van der Waals surface area contributed by atoms with Gasteiger partial charge in [0.2, 0.25) is 10.3 Å². The molecule has 0 N–H and O–H groups in total. The van der Waals surface area contributed by atoms with Crippen molar-refractivity contribution in [2.75, 3.05) is 24.6 Å². The van der Waals surface area contributed by atoms with Crippen LogP contribution in [-0.4, -0.2) is 46.7 Å². The van der Waals surface area contributed by atoms with Gasteiger partial charge in [-0.2, -0.15) is 0 Å². The van der Waals surface area contributed by atoms with Gasteiger partial charge in [-0.25, -0.2) is 0 Å². The minimum Gasteiger partial charge on any atom is -0.466 e. The Bertz CT molecular complexity index is 696. The summed E-state index contributed by atoms with van der Waals surface area (Å²) >= 11 is 1.41. The lowest BCUT2D eigenvalue weighted by molar-refractivity contribution is -0.148. The fourth-order valence-corrected chi connectivity index (χ4v) is 3.59. The molecular formula is C15H18N4O3S. The molecule has 1 fully saturated rings. The van der Waals surface area contributed by atoms with E-state index < -0.39 is 0 Å². The molecular weight excluding hydrogens is 316 g/mol. The molecule has 1 aliphatic heterocycles. The summed E-state index contributed by atoms with van der Waals surface area (Å²) in [5, 5.41) is 9.79. The van der Waals surface area contributed by atoms with Crippen molar-refractivity contribution in [1.82, 2.24) is 14.8 Å². The van der Waals surface area contributed by atoms with Crippen LogP contribution in [-0.2, 0) is 9.53 Å². The number of rotatable bonds is 5. The highest BCUT2D eigenvalue weighted by Crippen LogP contribution is 2.28. The summed E-state index contributed by atoms with van der Waals surface area (Å²) in [5.74, 6) is -0.260. The molecule has 1 aliphatic rings. The Morgan fingerprint density at radius 1 is 1.48 bits per heavy atom. The second-order valence-electron chi connectivity index (χ2n) is 5.33. The lowest BCUT2D eigenvalue weighted by atomic mass is 9.99. The summed E-state index contributed by atoms with van der Waals surface area (Å²) in [6, 6.07) is 3.52. The van der Waals surface area contributed by atoms with Crippen LogP contribution in [0.1, 0.15) is 30.3 Å². The smallest absolute Gasteiger partial charge is 0.310 e. The molecule has 0 radical (unpaired) electrons. The summed E-state index contributed by atoms with van der Waals surface area (Å²) in [6.07, 6.45) is 4.33. The predicted molar refractivity (Wildman–Crippen MR) is 86.2 cm³/mol. The summed E-state index contributed by atoms with van der Waals surface area (Å²) in [7, 11) is 0. The quantitative estimate of drug-likeness (QED) is 0.614. The minimum absolute atomic E-state index is 0.117. The third kappa shape index (κ3) is 3.26. The van der Waals surface area contributed by atoms with Gasteiger partial charge in [0.1, 0.15) is 0 Å². The van der Waals surface area contributed by atoms with Crippen molar-refractivity contribution in [3.05, 3.63) is 24.0 Å². The second-order valence-corrected chi connectivity index (χ2v) is 6.26. The van der Waals surface area contributed by atoms with Gasteiger partial charge >= 0.3 is 5.97 Å². The first kappa shape index (κ1) is 15.7. The molecule has 0 aromatic carbocycles. The number of aldehydes is 1. The van der Waals surface area contributed by atoms with E-state index in [0.717, 1.165) is 30.8 Å². The zero-order valence-corrected chi connectivity index (χ0v) is 13.7. The Labute approximate surface area is 137 Å². The summed E-state index contributed by atoms with van der Waals surface area (Å²) < 4.78 is 6.83. The zero-order chi connectivity index (χ0) is 16.2. The topological polar surface area (TPSA) is 77.3 Å². The van der Waals surface area contributed by atoms with Crippen LogP contribution in [0.2, 0.25) is 0 Å². The molecule has 0 saturated carbocycles. The molecule has 0 bridgehead atoms. The third-order valence-corrected chi connectivity index (χ3v) is 4.81. The molecule has 0 spiro atoms. The van der Waals surface area contributed by atoms with Gasteiger partial charge in [0.05, 0.1) is 18.2 Å². The summed E-state index contributed by atoms with van der Waals surface area (Å²) in [5.41, 5.74) is 0.538. The van der Waals surface area contributed by atoms with Crippen molar-refractivity contribution in [2.45, 2.75) is 19.8 Å². The first-order valence-electron chi connectivity index (χ1n) is 7.61. The van der Waals surface area contributed by atoms with Gasteiger partial charge in [0.15, 0.2) is 6.29 Å². The highest BCUT2D eigenvalue weighted by molar-refractivity contribution is 7.17. The Balaban J connectivity index is 1.75. The van der Waals surface area contributed by atoms with Crippen molar-refractivity contribution >= 4 is 28.7 Å². The molecule has 3 heterocycles. The molecule has 8 heteroatoms. The number of carbonyl (C=O) groups is 2. The molecule has 122 valence electrons. The average Bonchev–Trinajstić information content (AvgIpc) is 3.23. The largest absolute Gasteiger partial charge is 0.466 e. The molecule has 7 nitrogen and oxygen atoms in total. The lowest BCUT2D eigenvalue weighted by Gasteiger charge is -2.30. The average molecular weight is 334 g/mol. The van der Waals surface area contributed by atoms with E-state index in [1.165, 1.54) is 11.3 Å². The van der Waals surface area contributed by atoms with E-state index in [-0.39, 0.29) is 11.9 Å². The molecule has 0 unspecified atom stereocenters. The van der Waals surface area contributed by atoms with Crippen LogP contribution in [0.4, 0.5) is 5.13 Å². The van der Waals surface area contributed by atoms with E-state index in [0.29, 0.717) is 24.0 Å². The first-order chi connectivity index (χ1) is 11.2. The van der Waals surface area contributed by atoms with E-state index in [1.807, 2.05) is 6.92 Å². The van der Waals surface area contributed by atoms with Crippen molar-refractivity contribution in [1.29, 1.82) is 0 Å². The first-order valence-corrected chi connectivity index (χ1v) is 8.42. The monoisotopic (exact) mass is 334 g/mol. The fraction of sp³-hybridized carbons (Fsp3) is 0.467. The second kappa shape index (κ2) is 6.91. The number of esters is 1.